The van der Waals surface area contributed by atoms with E-state index in [0.717, 1.165) is 12.1 Å². The molecular formula is C10H8F4N2. The third kappa shape index (κ3) is 2.49. The van der Waals surface area contributed by atoms with E-state index in [1.807, 2.05) is 0 Å². The maximum absolute atomic E-state index is 12.7. The van der Waals surface area contributed by atoms with Gasteiger partial charge in [0, 0.05) is 0 Å². The minimum Gasteiger partial charge on any atom is -0.301 e. The molecule has 0 aromatic heterocycles. The van der Waals surface area contributed by atoms with Gasteiger partial charge in [0.2, 0.25) is 0 Å². The first-order chi connectivity index (χ1) is 7.40. The summed E-state index contributed by atoms with van der Waals surface area (Å²) in [5, 5.41) is 11.1. The molecule has 1 aromatic rings. The van der Waals surface area contributed by atoms with Crippen LogP contribution in [0.15, 0.2) is 18.2 Å². The number of hydrogen-bond donors (Lipinski definition) is 1. The van der Waals surface area contributed by atoms with Crippen LogP contribution >= 0.6 is 0 Å². The predicted octanol–water partition coefficient (Wildman–Crippen LogP) is 2.63. The third-order valence-electron chi connectivity index (χ3n) is 2.05. The predicted molar refractivity (Wildman–Crippen MR) is 48.8 cm³/mol. The number of nitrogens with one attached hydrogen (secondary N) is 1. The molecule has 0 saturated heterocycles. The lowest BCUT2D eigenvalue weighted by Crippen LogP contribution is -2.19. The van der Waals surface area contributed by atoms with Gasteiger partial charge in [-0.25, -0.2) is 4.39 Å². The van der Waals surface area contributed by atoms with Gasteiger partial charge < -0.3 is 5.32 Å². The second kappa shape index (κ2) is 4.49. The maximum Gasteiger partial charge on any atom is 0.416 e. The molecule has 1 unspecified atom stereocenters. The smallest absolute Gasteiger partial charge is 0.301 e. The summed E-state index contributed by atoms with van der Waals surface area (Å²) in [5.41, 5.74) is -1.41. The standard InChI is InChI=1S/C10H8F4N2/c1-16-9(5-15)7-3-2-6(11)4-8(7)10(12,13)14/h2-4,9,16H,1H3. The van der Waals surface area contributed by atoms with Crippen LogP contribution < -0.4 is 5.32 Å². The van der Waals surface area contributed by atoms with Crippen LogP contribution in [0.1, 0.15) is 17.2 Å². The number of halogens is 4. The van der Waals surface area contributed by atoms with E-state index in [0.29, 0.717) is 6.07 Å². The number of alkyl halides is 3. The SMILES string of the molecule is CNC(C#N)c1ccc(F)cc1C(F)(F)F. The quantitative estimate of drug-likeness (QED) is 0.795. The Balaban J connectivity index is 3.35. The van der Waals surface area contributed by atoms with Crippen molar-refractivity contribution in [2.24, 2.45) is 0 Å². The highest BCUT2D eigenvalue weighted by Crippen LogP contribution is 2.34. The summed E-state index contributed by atoms with van der Waals surface area (Å²) in [7, 11) is 1.36. The Labute approximate surface area is 89.5 Å². The molecule has 2 nitrogen and oxygen atoms in total. The van der Waals surface area contributed by atoms with Gasteiger partial charge in [0.1, 0.15) is 11.9 Å². The molecule has 86 valence electrons. The van der Waals surface area contributed by atoms with E-state index in [2.05, 4.69) is 5.32 Å². The lowest BCUT2D eigenvalue weighted by Gasteiger charge is -2.16. The molecular weight excluding hydrogens is 224 g/mol. The molecule has 0 aliphatic rings. The average Bonchev–Trinajstić information content (AvgIpc) is 2.20. The Kier molecular flexibility index (Phi) is 3.50. The van der Waals surface area contributed by atoms with Crippen molar-refractivity contribution in [3.8, 4) is 6.07 Å². The Morgan fingerprint density at radius 2 is 2.00 bits per heavy atom. The van der Waals surface area contributed by atoms with Gasteiger partial charge >= 0.3 is 6.18 Å². The third-order valence-corrected chi connectivity index (χ3v) is 2.05. The van der Waals surface area contributed by atoms with Crippen molar-refractivity contribution in [2.45, 2.75) is 12.2 Å². The van der Waals surface area contributed by atoms with E-state index in [4.69, 9.17) is 5.26 Å². The van der Waals surface area contributed by atoms with Crippen molar-refractivity contribution >= 4 is 0 Å². The summed E-state index contributed by atoms with van der Waals surface area (Å²) in [6.45, 7) is 0. The van der Waals surface area contributed by atoms with Gasteiger partial charge in [-0.15, -0.1) is 0 Å². The second-order valence-corrected chi connectivity index (χ2v) is 3.08. The van der Waals surface area contributed by atoms with Crippen LogP contribution in [-0.4, -0.2) is 7.05 Å². The minimum atomic E-state index is -4.68. The molecule has 0 radical (unpaired) electrons. The van der Waals surface area contributed by atoms with Gasteiger partial charge in [-0.05, 0) is 24.7 Å². The van der Waals surface area contributed by atoms with E-state index in [1.54, 1.807) is 6.07 Å². The van der Waals surface area contributed by atoms with Crippen molar-refractivity contribution in [3.63, 3.8) is 0 Å². The molecule has 0 bridgehead atoms. The van der Waals surface area contributed by atoms with Crippen molar-refractivity contribution in [1.82, 2.24) is 5.32 Å². The number of hydrogen-bond acceptors (Lipinski definition) is 2. The molecule has 0 aliphatic heterocycles. The molecule has 0 amide bonds. The highest BCUT2D eigenvalue weighted by atomic mass is 19.4. The van der Waals surface area contributed by atoms with Crippen LogP contribution in [0.5, 0.6) is 0 Å². The summed E-state index contributed by atoms with van der Waals surface area (Å²) in [5.74, 6) is -0.983. The molecule has 1 aromatic carbocycles. The lowest BCUT2D eigenvalue weighted by molar-refractivity contribution is -0.138. The molecule has 1 N–H and O–H groups in total. The van der Waals surface area contributed by atoms with Gasteiger partial charge in [0.05, 0.1) is 11.6 Å². The first-order valence-corrected chi connectivity index (χ1v) is 4.33. The van der Waals surface area contributed by atoms with Gasteiger partial charge in [0.25, 0.3) is 0 Å². The summed E-state index contributed by atoms with van der Waals surface area (Å²) < 4.78 is 50.4. The molecule has 0 saturated carbocycles. The van der Waals surface area contributed by atoms with Crippen LogP contribution in [0.25, 0.3) is 0 Å². The summed E-state index contributed by atoms with van der Waals surface area (Å²) >= 11 is 0. The summed E-state index contributed by atoms with van der Waals surface area (Å²) in [6.07, 6.45) is -4.68. The minimum absolute atomic E-state index is 0.279. The molecule has 0 spiro atoms. The molecule has 0 aliphatic carbocycles. The summed E-state index contributed by atoms with van der Waals surface area (Å²) in [4.78, 5) is 0. The van der Waals surface area contributed by atoms with Crippen LogP contribution in [0, 0.1) is 17.1 Å². The average molecular weight is 232 g/mol. The van der Waals surface area contributed by atoms with E-state index in [-0.39, 0.29) is 5.56 Å². The van der Waals surface area contributed by atoms with Crippen molar-refractivity contribution in [2.75, 3.05) is 7.05 Å². The normalized spacial score (nSPS) is 13.2. The van der Waals surface area contributed by atoms with Crippen molar-refractivity contribution in [3.05, 3.63) is 35.1 Å². The second-order valence-electron chi connectivity index (χ2n) is 3.08. The fourth-order valence-corrected chi connectivity index (χ4v) is 1.32. The number of rotatable bonds is 2. The maximum atomic E-state index is 12.7. The van der Waals surface area contributed by atoms with Crippen LogP contribution in [-0.2, 0) is 6.18 Å². The fourth-order valence-electron chi connectivity index (χ4n) is 1.32. The number of nitrogens with zero attached hydrogens (tertiary/aromatic N) is 1. The first kappa shape index (κ1) is 12.5. The Hall–Kier alpha value is -1.61. The van der Waals surface area contributed by atoms with Gasteiger partial charge in [-0.3, -0.25) is 0 Å². The van der Waals surface area contributed by atoms with Gasteiger partial charge in [-0.1, -0.05) is 6.07 Å². The van der Waals surface area contributed by atoms with Crippen molar-refractivity contribution in [1.29, 1.82) is 5.26 Å². The molecule has 0 heterocycles. The number of nitriles is 1. The highest BCUT2D eigenvalue weighted by molar-refractivity contribution is 5.35. The van der Waals surface area contributed by atoms with Crippen LogP contribution in [0.3, 0.4) is 0 Å². The van der Waals surface area contributed by atoms with Gasteiger partial charge in [0.15, 0.2) is 0 Å². The van der Waals surface area contributed by atoms with Gasteiger partial charge in [-0.2, -0.15) is 18.4 Å². The van der Waals surface area contributed by atoms with E-state index < -0.39 is 23.6 Å². The van der Waals surface area contributed by atoms with E-state index in [9.17, 15) is 17.6 Å². The largest absolute Gasteiger partial charge is 0.416 e. The van der Waals surface area contributed by atoms with Crippen LogP contribution in [0.2, 0.25) is 0 Å². The number of benzene rings is 1. The topological polar surface area (TPSA) is 35.8 Å². The fraction of sp³-hybridized carbons (Fsp3) is 0.300. The zero-order valence-corrected chi connectivity index (χ0v) is 8.27. The first-order valence-electron chi connectivity index (χ1n) is 4.33. The zero-order valence-electron chi connectivity index (χ0n) is 8.27. The zero-order chi connectivity index (χ0) is 12.3. The molecule has 1 rings (SSSR count). The summed E-state index contributed by atoms with van der Waals surface area (Å²) in [6, 6.07) is 2.79. The van der Waals surface area contributed by atoms with Crippen molar-refractivity contribution < 1.29 is 17.6 Å². The van der Waals surface area contributed by atoms with E-state index >= 15 is 0 Å². The molecule has 6 heteroatoms. The Morgan fingerprint density at radius 3 is 2.44 bits per heavy atom. The molecule has 16 heavy (non-hydrogen) atoms. The van der Waals surface area contributed by atoms with Crippen LogP contribution in [0.4, 0.5) is 17.6 Å². The Bertz CT molecular complexity index is 420. The van der Waals surface area contributed by atoms with E-state index in [1.165, 1.54) is 7.05 Å². The molecule has 1 atom stereocenters. The Morgan fingerprint density at radius 1 is 1.38 bits per heavy atom. The lowest BCUT2D eigenvalue weighted by atomic mass is 10.0. The molecule has 0 fully saturated rings. The monoisotopic (exact) mass is 232 g/mol. The highest BCUT2D eigenvalue weighted by Gasteiger charge is 2.35.